The van der Waals surface area contributed by atoms with Crippen LogP contribution in [-0.2, 0) is 11.2 Å². The lowest BCUT2D eigenvalue weighted by Crippen LogP contribution is -2.14. The number of aromatic nitrogens is 1. The van der Waals surface area contributed by atoms with Crippen molar-refractivity contribution < 1.29 is 27.9 Å². The second kappa shape index (κ2) is 9.68. The Hall–Kier alpha value is -4.66. The first-order valence-corrected chi connectivity index (χ1v) is 10.8. The summed E-state index contributed by atoms with van der Waals surface area (Å²) in [7, 11) is 0. The number of carbonyl (C=O) groups is 2. The molecule has 0 fully saturated rings. The van der Waals surface area contributed by atoms with Crippen LogP contribution in [0.3, 0.4) is 0 Å². The number of nitrogens with one attached hydrogen (secondary N) is 2. The fourth-order valence-electron chi connectivity index (χ4n) is 3.53. The summed E-state index contributed by atoms with van der Waals surface area (Å²) in [6.07, 6.45) is 2.00. The minimum absolute atomic E-state index is 0.132. The van der Waals surface area contributed by atoms with E-state index in [0.29, 0.717) is 52.1 Å². The number of benzene rings is 3. The van der Waals surface area contributed by atoms with Crippen molar-refractivity contribution in [2.24, 2.45) is 0 Å². The van der Waals surface area contributed by atoms with Gasteiger partial charge in [-0.1, -0.05) is 6.07 Å². The van der Waals surface area contributed by atoms with Gasteiger partial charge < -0.3 is 24.5 Å². The van der Waals surface area contributed by atoms with Crippen molar-refractivity contribution in [1.29, 1.82) is 0 Å². The number of amides is 2. The molecule has 176 valence electrons. The highest BCUT2D eigenvalue weighted by molar-refractivity contribution is 6.05. The van der Waals surface area contributed by atoms with Gasteiger partial charge >= 0.3 is 0 Å². The second-order valence-corrected chi connectivity index (χ2v) is 7.78. The Balaban J connectivity index is 1.15. The van der Waals surface area contributed by atoms with Crippen LogP contribution in [0.1, 0.15) is 22.7 Å². The van der Waals surface area contributed by atoms with E-state index in [4.69, 9.17) is 13.9 Å². The molecule has 1 aliphatic heterocycles. The van der Waals surface area contributed by atoms with Crippen LogP contribution in [0.25, 0.3) is 11.3 Å². The van der Waals surface area contributed by atoms with Gasteiger partial charge in [-0.2, -0.15) is 0 Å². The fraction of sp³-hybridized carbons (Fsp3) is 0.115. The van der Waals surface area contributed by atoms with Crippen molar-refractivity contribution in [2.75, 3.05) is 17.4 Å². The zero-order valence-electron chi connectivity index (χ0n) is 18.4. The van der Waals surface area contributed by atoms with E-state index in [1.807, 2.05) is 0 Å². The van der Waals surface area contributed by atoms with E-state index in [2.05, 4.69) is 15.6 Å². The van der Waals surface area contributed by atoms with Crippen molar-refractivity contribution in [2.45, 2.75) is 12.8 Å². The zero-order chi connectivity index (χ0) is 24.2. The number of oxazole rings is 1. The molecule has 4 aromatic rings. The van der Waals surface area contributed by atoms with Crippen LogP contribution in [0.15, 0.2) is 77.3 Å². The van der Waals surface area contributed by atoms with Crippen molar-refractivity contribution in [3.8, 4) is 22.8 Å². The maximum Gasteiger partial charge on any atom is 0.255 e. The molecule has 0 aliphatic carbocycles. The van der Waals surface area contributed by atoms with Crippen molar-refractivity contribution in [1.82, 2.24) is 4.98 Å². The molecule has 0 bridgehead atoms. The smallest absolute Gasteiger partial charge is 0.255 e. The Labute approximate surface area is 199 Å². The van der Waals surface area contributed by atoms with E-state index >= 15 is 0 Å². The highest BCUT2D eigenvalue weighted by Crippen LogP contribution is 2.32. The molecule has 9 heteroatoms. The summed E-state index contributed by atoms with van der Waals surface area (Å²) in [6.45, 7) is 0.132. The molecule has 1 aliphatic rings. The first-order valence-electron chi connectivity index (χ1n) is 10.8. The molecule has 0 unspecified atom stereocenters. The summed E-state index contributed by atoms with van der Waals surface area (Å²) in [5.74, 6) is 1.16. The minimum Gasteiger partial charge on any atom is -0.454 e. The zero-order valence-corrected chi connectivity index (χ0v) is 18.4. The van der Waals surface area contributed by atoms with Gasteiger partial charge in [0.05, 0.1) is 6.20 Å². The topological polar surface area (TPSA) is 103 Å². The third kappa shape index (κ3) is 5.30. The van der Waals surface area contributed by atoms with Gasteiger partial charge in [-0.3, -0.25) is 9.59 Å². The molecule has 0 atom stereocenters. The number of hydrogen-bond donors (Lipinski definition) is 2. The van der Waals surface area contributed by atoms with Crippen LogP contribution < -0.4 is 20.1 Å². The van der Waals surface area contributed by atoms with Crippen LogP contribution >= 0.6 is 0 Å². The van der Waals surface area contributed by atoms with E-state index in [0.717, 1.165) is 0 Å². The molecule has 0 saturated heterocycles. The number of hydrogen-bond acceptors (Lipinski definition) is 6. The number of carbonyl (C=O) groups excluding carboxylic acids is 2. The SMILES string of the molecule is O=C(CCc1ncc(-c2ccc(F)cc2)o1)Nc1cccc(NC(=O)c2ccc3c(c2)OCO3)c1. The maximum atomic E-state index is 13.1. The Kier molecular flexibility index (Phi) is 6.13. The monoisotopic (exact) mass is 473 g/mol. The van der Waals surface area contributed by atoms with Gasteiger partial charge in [0.1, 0.15) is 5.82 Å². The quantitative estimate of drug-likeness (QED) is 0.390. The van der Waals surface area contributed by atoms with E-state index in [1.165, 1.54) is 12.1 Å². The van der Waals surface area contributed by atoms with Crippen molar-refractivity contribution in [3.05, 3.63) is 90.2 Å². The lowest BCUT2D eigenvalue weighted by atomic mass is 10.2. The molecule has 0 spiro atoms. The van der Waals surface area contributed by atoms with Gasteiger partial charge in [0, 0.05) is 35.3 Å². The molecule has 35 heavy (non-hydrogen) atoms. The number of ether oxygens (including phenoxy) is 2. The van der Waals surface area contributed by atoms with Crippen molar-refractivity contribution in [3.63, 3.8) is 0 Å². The molecule has 2 amide bonds. The molecule has 3 aromatic carbocycles. The Morgan fingerprint density at radius 3 is 2.51 bits per heavy atom. The molecule has 0 saturated carbocycles. The molecule has 8 nitrogen and oxygen atoms in total. The Morgan fingerprint density at radius 1 is 0.914 bits per heavy atom. The van der Waals surface area contributed by atoms with Crippen LogP contribution in [0.2, 0.25) is 0 Å². The first kappa shape index (κ1) is 22.1. The lowest BCUT2D eigenvalue weighted by molar-refractivity contribution is -0.116. The highest BCUT2D eigenvalue weighted by Gasteiger charge is 2.16. The van der Waals surface area contributed by atoms with E-state index in [9.17, 15) is 14.0 Å². The van der Waals surface area contributed by atoms with Crippen LogP contribution in [-0.4, -0.2) is 23.6 Å². The predicted molar refractivity (Wildman–Crippen MR) is 126 cm³/mol. The van der Waals surface area contributed by atoms with Gasteiger partial charge in [0.2, 0.25) is 12.7 Å². The van der Waals surface area contributed by atoms with E-state index < -0.39 is 0 Å². The minimum atomic E-state index is -0.332. The maximum absolute atomic E-state index is 13.1. The number of halogens is 1. The number of rotatable bonds is 7. The molecular formula is C26H20FN3O5. The molecule has 2 N–H and O–H groups in total. The molecule has 0 radical (unpaired) electrons. The number of fused-ring (bicyclic) bond motifs is 1. The Bertz CT molecular complexity index is 1380. The lowest BCUT2D eigenvalue weighted by Gasteiger charge is -2.09. The summed E-state index contributed by atoms with van der Waals surface area (Å²) in [5, 5.41) is 5.61. The summed E-state index contributed by atoms with van der Waals surface area (Å²) in [4.78, 5) is 29.2. The number of aryl methyl sites for hydroxylation is 1. The summed E-state index contributed by atoms with van der Waals surface area (Å²) in [6, 6.07) is 17.7. The van der Waals surface area contributed by atoms with Crippen LogP contribution in [0.4, 0.5) is 15.8 Å². The second-order valence-electron chi connectivity index (χ2n) is 7.78. The largest absolute Gasteiger partial charge is 0.454 e. The van der Waals surface area contributed by atoms with Gasteiger partial charge in [-0.05, 0) is 60.7 Å². The standard InChI is InChI=1S/C26H20FN3O5/c27-18-7-4-16(5-8-18)23-14-28-25(35-23)11-10-24(31)29-19-2-1-3-20(13-19)30-26(32)17-6-9-21-22(12-17)34-15-33-21/h1-9,12-14H,10-11,15H2,(H,29,31)(H,30,32). The summed E-state index contributed by atoms with van der Waals surface area (Å²) >= 11 is 0. The first-order chi connectivity index (χ1) is 17.0. The molecule has 2 heterocycles. The average molecular weight is 473 g/mol. The predicted octanol–water partition coefficient (Wildman–Crippen LogP) is 5.03. The number of anilines is 2. The van der Waals surface area contributed by atoms with Crippen LogP contribution in [0, 0.1) is 5.82 Å². The summed E-state index contributed by atoms with van der Waals surface area (Å²) < 4.78 is 29.3. The van der Waals surface area contributed by atoms with E-state index in [1.54, 1.807) is 60.8 Å². The molecule has 5 rings (SSSR count). The summed E-state index contributed by atoms with van der Waals surface area (Å²) in [5.41, 5.74) is 2.20. The molecular weight excluding hydrogens is 453 g/mol. The van der Waals surface area contributed by atoms with Gasteiger partial charge in [-0.15, -0.1) is 0 Å². The molecule has 1 aromatic heterocycles. The average Bonchev–Trinajstić information content (AvgIpc) is 3.53. The van der Waals surface area contributed by atoms with E-state index in [-0.39, 0.29) is 30.8 Å². The van der Waals surface area contributed by atoms with Gasteiger partial charge in [0.15, 0.2) is 23.1 Å². The highest BCUT2D eigenvalue weighted by atomic mass is 19.1. The van der Waals surface area contributed by atoms with Gasteiger partial charge in [0.25, 0.3) is 5.91 Å². The normalized spacial score (nSPS) is 11.8. The van der Waals surface area contributed by atoms with Gasteiger partial charge in [-0.25, -0.2) is 9.37 Å². The Morgan fingerprint density at radius 2 is 1.69 bits per heavy atom. The fourth-order valence-corrected chi connectivity index (χ4v) is 3.53. The number of nitrogens with zero attached hydrogens (tertiary/aromatic N) is 1. The third-order valence-corrected chi connectivity index (χ3v) is 5.29. The van der Waals surface area contributed by atoms with Crippen molar-refractivity contribution >= 4 is 23.2 Å². The van der Waals surface area contributed by atoms with Crippen LogP contribution in [0.5, 0.6) is 11.5 Å². The third-order valence-electron chi connectivity index (χ3n) is 5.29.